The molecule has 0 aliphatic carbocycles. The van der Waals surface area contributed by atoms with Crippen LogP contribution in [0.1, 0.15) is 24.5 Å². The van der Waals surface area contributed by atoms with Gasteiger partial charge in [-0.3, -0.25) is 0 Å². The van der Waals surface area contributed by atoms with Crippen LogP contribution in [-0.4, -0.2) is 49.1 Å². The lowest BCUT2D eigenvalue weighted by molar-refractivity contribution is 0.315. The summed E-state index contributed by atoms with van der Waals surface area (Å²) in [5, 5.41) is 8.92. The number of aryl methyl sites for hydroxylation is 2. The van der Waals surface area contributed by atoms with Gasteiger partial charge in [0.2, 0.25) is 0 Å². The van der Waals surface area contributed by atoms with Gasteiger partial charge < -0.3 is 9.13 Å². The Hall–Kier alpha value is -2.52. The molecule has 1 fully saturated rings. The highest BCUT2D eigenvalue weighted by Gasteiger charge is 2.46. The average molecular weight is 398 g/mol. The van der Waals surface area contributed by atoms with Crippen LogP contribution < -0.4 is 0 Å². The summed E-state index contributed by atoms with van der Waals surface area (Å²) in [6.07, 6.45) is 3.84. The summed E-state index contributed by atoms with van der Waals surface area (Å²) in [6, 6.07) is 9.70. The molecule has 3 aromatic rings. The molecule has 4 heterocycles. The van der Waals surface area contributed by atoms with E-state index in [1.54, 1.807) is 15.1 Å². The number of hydrogen-bond donors (Lipinski definition) is 0. The second kappa shape index (κ2) is 6.25. The fourth-order valence-corrected chi connectivity index (χ4v) is 6.24. The molecule has 5 rings (SSSR count). The zero-order valence-electron chi connectivity index (χ0n) is 15.9. The molecule has 2 aliphatic heterocycles. The highest BCUT2D eigenvalue weighted by Crippen LogP contribution is 2.37. The minimum Gasteiger partial charge on any atom is -0.337 e. The van der Waals surface area contributed by atoms with Crippen LogP contribution in [0.4, 0.5) is 0 Å². The first kappa shape index (κ1) is 17.6. The van der Waals surface area contributed by atoms with E-state index in [0.717, 1.165) is 30.1 Å². The molecular weight excluding hydrogens is 376 g/mol. The Kier molecular flexibility index (Phi) is 3.92. The Morgan fingerprint density at radius 2 is 1.82 bits per heavy atom. The molecular formula is C19H22N6O2S. The largest absolute Gasteiger partial charge is 0.337 e. The first-order valence-corrected chi connectivity index (χ1v) is 10.9. The van der Waals surface area contributed by atoms with Crippen LogP contribution in [0.15, 0.2) is 41.6 Å². The Labute approximate surface area is 163 Å². The van der Waals surface area contributed by atoms with Crippen LogP contribution in [0.5, 0.6) is 0 Å². The average Bonchev–Trinajstić information content (AvgIpc) is 3.32. The van der Waals surface area contributed by atoms with Crippen molar-refractivity contribution in [2.75, 3.05) is 0 Å². The molecule has 1 aromatic carbocycles. The number of rotatable bonds is 3. The predicted molar refractivity (Wildman–Crippen MR) is 103 cm³/mol. The van der Waals surface area contributed by atoms with E-state index in [1.165, 1.54) is 0 Å². The van der Waals surface area contributed by atoms with Crippen LogP contribution in [0.25, 0.3) is 11.4 Å². The van der Waals surface area contributed by atoms with Crippen LogP contribution in [0, 0.1) is 6.92 Å². The number of hydrogen-bond acceptors (Lipinski definition) is 5. The van der Waals surface area contributed by atoms with Crippen LogP contribution >= 0.6 is 0 Å². The third kappa shape index (κ3) is 2.61. The smallest absolute Gasteiger partial charge is 0.262 e. The first-order valence-electron chi connectivity index (χ1n) is 9.46. The van der Waals surface area contributed by atoms with Crippen molar-refractivity contribution < 1.29 is 8.42 Å². The first-order chi connectivity index (χ1) is 13.4. The van der Waals surface area contributed by atoms with Gasteiger partial charge in [0, 0.05) is 43.9 Å². The van der Waals surface area contributed by atoms with Gasteiger partial charge in [0.1, 0.15) is 11.6 Å². The van der Waals surface area contributed by atoms with E-state index in [0.29, 0.717) is 18.8 Å². The van der Waals surface area contributed by atoms with E-state index in [9.17, 15) is 8.42 Å². The highest BCUT2D eigenvalue weighted by atomic mass is 32.2. The molecule has 28 heavy (non-hydrogen) atoms. The van der Waals surface area contributed by atoms with Gasteiger partial charge in [-0.15, -0.1) is 10.2 Å². The van der Waals surface area contributed by atoms with Crippen molar-refractivity contribution >= 4 is 10.0 Å². The number of imidazole rings is 1. The van der Waals surface area contributed by atoms with Crippen LogP contribution in [-0.2, 0) is 30.0 Å². The Balaban J connectivity index is 1.54. The molecule has 2 atom stereocenters. The number of benzene rings is 1. The fourth-order valence-electron chi connectivity index (χ4n) is 4.35. The molecule has 8 nitrogen and oxygen atoms in total. The van der Waals surface area contributed by atoms with Crippen molar-refractivity contribution in [3.8, 4) is 11.4 Å². The molecule has 0 amide bonds. The number of aromatic nitrogens is 5. The number of sulfonamides is 1. The van der Waals surface area contributed by atoms with Gasteiger partial charge in [-0.25, -0.2) is 13.4 Å². The predicted octanol–water partition coefficient (Wildman–Crippen LogP) is 1.77. The standard InChI is InChI=1S/C19H22N6O2S/c1-13-20-18(12-23(13)2)28(26,27)25-15-8-9-16(25)11-24-17(10-15)21-22-19(24)14-6-4-3-5-7-14/h3-7,12,15-16H,8-11H2,1-2H3/t15-,16+/m0/s1. The van der Waals surface area contributed by atoms with E-state index < -0.39 is 10.0 Å². The number of nitrogens with zero attached hydrogens (tertiary/aromatic N) is 6. The Morgan fingerprint density at radius 3 is 2.54 bits per heavy atom. The molecule has 1 saturated heterocycles. The molecule has 2 bridgehead atoms. The molecule has 146 valence electrons. The molecule has 0 saturated carbocycles. The quantitative estimate of drug-likeness (QED) is 0.671. The summed E-state index contributed by atoms with van der Waals surface area (Å²) >= 11 is 0. The Bertz CT molecular complexity index is 1120. The summed E-state index contributed by atoms with van der Waals surface area (Å²) in [5.74, 6) is 2.34. The molecule has 0 spiro atoms. The fraction of sp³-hybridized carbons (Fsp3) is 0.421. The lowest BCUT2D eigenvalue weighted by Crippen LogP contribution is -2.42. The maximum absolute atomic E-state index is 13.4. The van der Waals surface area contributed by atoms with Gasteiger partial charge in [-0.1, -0.05) is 30.3 Å². The van der Waals surface area contributed by atoms with E-state index >= 15 is 0 Å². The van der Waals surface area contributed by atoms with Gasteiger partial charge in [-0.2, -0.15) is 4.31 Å². The molecule has 0 N–H and O–H groups in total. The van der Waals surface area contributed by atoms with Gasteiger partial charge >= 0.3 is 0 Å². The maximum Gasteiger partial charge on any atom is 0.262 e. The highest BCUT2D eigenvalue weighted by molar-refractivity contribution is 7.89. The van der Waals surface area contributed by atoms with Gasteiger partial charge in [0.15, 0.2) is 10.9 Å². The van der Waals surface area contributed by atoms with Gasteiger partial charge in [-0.05, 0) is 19.8 Å². The molecule has 0 radical (unpaired) electrons. The summed E-state index contributed by atoms with van der Waals surface area (Å²) in [6.45, 7) is 2.37. The van der Waals surface area contributed by atoms with Crippen molar-refractivity contribution in [2.24, 2.45) is 7.05 Å². The van der Waals surface area contributed by atoms with Crippen molar-refractivity contribution in [1.82, 2.24) is 28.6 Å². The minimum atomic E-state index is -3.66. The third-order valence-corrected chi connectivity index (χ3v) is 7.73. The molecule has 2 aromatic heterocycles. The SMILES string of the molecule is Cc1nc(S(=O)(=O)N2[C@@H]3CC[C@H]2Cc2nnc(-c4ccccc4)n2C3)cn1C. The molecule has 0 unspecified atom stereocenters. The van der Waals surface area contributed by atoms with Crippen molar-refractivity contribution in [1.29, 1.82) is 0 Å². The van der Waals surface area contributed by atoms with Crippen molar-refractivity contribution in [3.05, 3.63) is 48.2 Å². The van der Waals surface area contributed by atoms with Crippen molar-refractivity contribution in [2.45, 2.75) is 49.8 Å². The summed E-state index contributed by atoms with van der Waals surface area (Å²) < 4.78 is 32.3. The van der Waals surface area contributed by atoms with E-state index in [1.807, 2.05) is 44.3 Å². The molecule has 2 aliphatic rings. The van der Waals surface area contributed by atoms with E-state index in [4.69, 9.17) is 0 Å². The van der Waals surface area contributed by atoms with Crippen LogP contribution in [0.2, 0.25) is 0 Å². The van der Waals surface area contributed by atoms with E-state index in [2.05, 4.69) is 19.7 Å². The third-order valence-electron chi connectivity index (χ3n) is 5.85. The topological polar surface area (TPSA) is 85.9 Å². The van der Waals surface area contributed by atoms with Gasteiger partial charge in [0.05, 0.1) is 0 Å². The lowest BCUT2D eigenvalue weighted by Gasteiger charge is -2.26. The summed E-state index contributed by atoms with van der Waals surface area (Å²) in [7, 11) is -1.84. The van der Waals surface area contributed by atoms with Gasteiger partial charge in [0.25, 0.3) is 10.0 Å². The monoisotopic (exact) mass is 398 g/mol. The summed E-state index contributed by atoms with van der Waals surface area (Å²) in [4.78, 5) is 4.28. The number of fused-ring (bicyclic) bond motifs is 3. The lowest BCUT2D eigenvalue weighted by atomic mass is 10.1. The zero-order valence-corrected chi connectivity index (χ0v) is 16.7. The summed E-state index contributed by atoms with van der Waals surface area (Å²) in [5.41, 5.74) is 0.994. The van der Waals surface area contributed by atoms with E-state index in [-0.39, 0.29) is 17.1 Å². The van der Waals surface area contributed by atoms with Crippen molar-refractivity contribution in [3.63, 3.8) is 0 Å². The normalized spacial score (nSPS) is 22.2. The zero-order chi connectivity index (χ0) is 19.5. The maximum atomic E-state index is 13.4. The second-order valence-corrected chi connectivity index (χ2v) is 9.37. The minimum absolute atomic E-state index is 0.105. The second-order valence-electron chi connectivity index (χ2n) is 7.58. The molecule has 9 heteroatoms. The van der Waals surface area contributed by atoms with Crippen LogP contribution in [0.3, 0.4) is 0 Å². The Morgan fingerprint density at radius 1 is 1.07 bits per heavy atom.